The average molecular weight is 242 g/mol. The number of halogens is 3. The van der Waals surface area contributed by atoms with Crippen LogP contribution in [-0.4, -0.2) is 17.4 Å². The fraction of sp³-hybridized carbons (Fsp3) is 0.375. The molecule has 1 aromatic heterocycles. The van der Waals surface area contributed by atoms with Crippen LogP contribution < -0.4 is 5.32 Å². The van der Waals surface area contributed by atoms with Gasteiger partial charge in [0, 0.05) is 25.2 Å². The predicted molar refractivity (Wildman–Crippen MR) is 58.9 cm³/mol. The SMILES string of the molecule is Cl.ClCCNCc1ccc(Cl)nc1. The molecule has 13 heavy (non-hydrogen) atoms. The summed E-state index contributed by atoms with van der Waals surface area (Å²) in [6.07, 6.45) is 1.75. The maximum absolute atomic E-state index is 5.62. The van der Waals surface area contributed by atoms with Crippen LogP contribution in [-0.2, 0) is 6.54 Å². The lowest BCUT2D eigenvalue weighted by molar-refractivity contribution is 0.728. The fourth-order valence-corrected chi connectivity index (χ4v) is 1.06. The van der Waals surface area contributed by atoms with Gasteiger partial charge in [-0.05, 0) is 11.6 Å². The second kappa shape index (κ2) is 7.39. The summed E-state index contributed by atoms with van der Waals surface area (Å²) in [4.78, 5) is 3.95. The third-order valence-corrected chi connectivity index (χ3v) is 1.80. The molecule has 0 saturated heterocycles. The van der Waals surface area contributed by atoms with Gasteiger partial charge >= 0.3 is 0 Å². The first-order chi connectivity index (χ1) is 5.83. The Morgan fingerprint density at radius 3 is 2.69 bits per heavy atom. The maximum Gasteiger partial charge on any atom is 0.129 e. The van der Waals surface area contributed by atoms with Crippen molar-refractivity contribution in [3.63, 3.8) is 0 Å². The summed E-state index contributed by atoms with van der Waals surface area (Å²) in [5.41, 5.74) is 1.12. The molecular weight excluding hydrogens is 230 g/mol. The molecule has 0 spiro atoms. The molecule has 0 bridgehead atoms. The number of nitrogens with zero attached hydrogens (tertiary/aromatic N) is 1. The second-order valence-corrected chi connectivity index (χ2v) is 3.12. The normalized spacial score (nSPS) is 9.38. The molecule has 1 rings (SSSR count). The van der Waals surface area contributed by atoms with Crippen molar-refractivity contribution in [3.05, 3.63) is 29.0 Å². The molecule has 74 valence electrons. The minimum atomic E-state index is 0. The van der Waals surface area contributed by atoms with Crippen molar-refractivity contribution in [3.8, 4) is 0 Å². The zero-order valence-electron chi connectivity index (χ0n) is 6.96. The Labute approximate surface area is 94.1 Å². The van der Waals surface area contributed by atoms with Crippen molar-refractivity contribution in [1.29, 1.82) is 0 Å². The standard InChI is InChI=1S/C8H10Cl2N2.ClH/c9-3-4-11-5-7-1-2-8(10)12-6-7;/h1-2,6,11H,3-5H2;1H. The monoisotopic (exact) mass is 240 g/mol. The van der Waals surface area contributed by atoms with Crippen molar-refractivity contribution < 1.29 is 0 Å². The molecule has 0 fully saturated rings. The average Bonchev–Trinajstić information content (AvgIpc) is 2.09. The molecule has 1 aromatic rings. The van der Waals surface area contributed by atoms with Crippen LogP contribution in [0.1, 0.15) is 5.56 Å². The highest BCUT2D eigenvalue weighted by Crippen LogP contribution is 2.04. The van der Waals surface area contributed by atoms with Crippen molar-refractivity contribution in [2.75, 3.05) is 12.4 Å². The summed E-state index contributed by atoms with van der Waals surface area (Å²) >= 11 is 11.1. The molecule has 0 aliphatic rings. The molecule has 0 aromatic carbocycles. The van der Waals surface area contributed by atoms with Gasteiger partial charge in [-0.1, -0.05) is 17.7 Å². The number of nitrogens with one attached hydrogen (secondary N) is 1. The molecule has 0 atom stereocenters. The van der Waals surface area contributed by atoms with E-state index in [1.807, 2.05) is 6.07 Å². The Morgan fingerprint density at radius 1 is 1.38 bits per heavy atom. The zero-order chi connectivity index (χ0) is 8.81. The van der Waals surface area contributed by atoms with Gasteiger partial charge in [-0.2, -0.15) is 0 Å². The number of pyridine rings is 1. The van der Waals surface area contributed by atoms with Crippen LogP contribution in [0, 0.1) is 0 Å². The van der Waals surface area contributed by atoms with E-state index in [4.69, 9.17) is 23.2 Å². The minimum absolute atomic E-state index is 0. The molecule has 1 heterocycles. The van der Waals surface area contributed by atoms with Gasteiger partial charge in [0.1, 0.15) is 5.15 Å². The highest BCUT2D eigenvalue weighted by molar-refractivity contribution is 6.29. The van der Waals surface area contributed by atoms with Gasteiger partial charge in [-0.3, -0.25) is 0 Å². The summed E-state index contributed by atoms with van der Waals surface area (Å²) in [6, 6.07) is 3.72. The Bertz CT molecular complexity index is 225. The number of aromatic nitrogens is 1. The van der Waals surface area contributed by atoms with Gasteiger partial charge in [0.05, 0.1) is 0 Å². The topological polar surface area (TPSA) is 24.9 Å². The van der Waals surface area contributed by atoms with Crippen LogP contribution in [0.2, 0.25) is 5.15 Å². The van der Waals surface area contributed by atoms with Gasteiger partial charge in [0.2, 0.25) is 0 Å². The number of alkyl halides is 1. The lowest BCUT2D eigenvalue weighted by Gasteiger charge is -2.01. The van der Waals surface area contributed by atoms with E-state index in [2.05, 4.69) is 10.3 Å². The Hall–Kier alpha value is -0.0200. The number of hydrogen-bond acceptors (Lipinski definition) is 2. The van der Waals surface area contributed by atoms with Crippen molar-refractivity contribution >= 4 is 35.6 Å². The Kier molecular flexibility index (Phi) is 7.38. The van der Waals surface area contributed by atoms with Gasteiger partial charge in [0.15, 0.2) is 0 Å². The van der Waals surface area contributed by atoms with E-state index < -0.39 is 0 Å². The van der Waals surface area contributed by atoms with Crippen LogP contribution in [0.4, 0.5) is 0 Å². The zero-order valence-corrected chi connectivity index (χ0v) is 9.29. The van der Waals surface area contributed by atoms with E-state index in [9.17, 15) is 0 Å². The smallest absolute Gasteiger partial charge is 0.129 e. The van der Waals surface area contributed by atoms with E-state index in [-0.39, 0.29) is 12.4 Å². The second-order valence-electron chi connectivity index (χ2n) is 2.35. The summed E-state index contributed by atoms with van der Waals surface area (Å²) < 4.78 is 0. The lowest BCUT2D eigenvalue weighted by Crippen LogP contribution is -2.15. The molecule has 2 nitrogen and oxygen atoms in total. The summed E-state index contributed by atoms with van der Waals surface area (Å²) in [5, 5.41) is 3.68. The van der Waals surface area contributed by atoms with E-state index in [1.54, 1.807) is 12.3 Å². The van der Waals surface area contributed by atoms with Crippen LogP contribution in [0.5, 0.6) is 0 Å². The van der Waals surface area contributed by atoms with E-state index in [0.717, 1.165) is 18.7 Å². The highest BCUT2D eigenvalue weighted by Gasteiger charge is 1.92. The van der Waals surface area contributed by atoms with Gasteiger partial charge < -0.3 is 5.32 Å². The van der Waals surface area contributed by atoms with Crippen LogP contribution in [0.3, 0.4) is 0 Å². The maximum atomic E-state index is 5.62. The molecule has 0 aliphatic carbocycles. The molecule has 0 radical (unpaired) electrons. The van der Waals surface area contributed by atoms with Crippen molar-refractivity contribution in [1.82, 2.24) is 10.3 Å². The molecular formula is C8H11Cl3N2. The molecule has 1 N–H and O–H groups in total. The minimum Gasteiger partial charge on any atom is -0.311 e. The quantitative estimate of drug-likeness (QED) is 0.498. The summed E-state index contributed by atoms with van der Waals surface area (Å²) in [7, 11) is 0. The molecule has 0 saturated carbocycles. The first-order valence-corrected chi connectivity index (χ1v) is 4.61. The number of rotatable bonds is 4. The van der Waals surface area contributed by atoms with Crippen LogP contribution in [0.15, 0.2) is 18.3 Å². The Morgan fingerprint density at radius 2 is 2.15 bits per heavy atom. The molecule has 0 unspecified atom stereocenters. The third kappa shape index (κ3) is 5.32. The third-order valence-electron chi connectivity index (χ3n) is 1.39. The van der Waals surface area contributed by atoms with Crippen molar-refractivity contribution in [2.45, 2.75) is 6.54 Å². The van der Waals surface area contributed by atoms with E-state index in [0.29, 0.717) is 11.0 Å². The number of hydrogen-bond donors (Lipinski definition) is 1. The van der Waals surface area contributed by atoms with Crippen LogP contribution in [0.25, 0.3) is 0 Å². The largest absolute Gasteiger partial charge is 0.311 e. The summed E-state index contributed by atoms with van der Waals surface area (Å²) in [5.74, 6) is 0.626. The van der Waals surface area contributed by atoms with Gasteiger partial charge in [0.25, 0.3) is 0 Å². The summed E-state index contributed by atoms with van der Waals surface area (Å²) in [6.45, 7) is 1.60. The van der Waals surface area contributed by atoms with Crippen molar-refractivity contribution in [2.24, 2.45) is 0 Å². The molecule has 0 aliphatic heterocycles. The van der Waals surface area contributed by atoms with E-state index in [1.165, 1.54) is 0 Å². The predicted octanol–water partition coefficient (Wildman–Crippen LogP) is 2.49. The van der Waals surface area contributed by atoms with Gasteiger partial charge in [-0.15, -0.1) is 24.0 Å². The fourth-order valence-electron chi connectivity index (χ4n) is 0.811. The lowest BCUT2D eigenvalue weighted by atomic mass is 10.3. The van der Waals surface area contributed by atoms with E-state index >= 15 is 0 Å². The first-order valence-electron chi connectivity index (χ1n) is 3.70. The van der Waals surface area contributed by atoms with Crippen LogP contribution >= 0.6 is 35.6 Å². The highest BCUT2D eigenvalue weighted by atomic mass is 35.5. The first kappa shape index (κ1) is 13.0. The molecule has 5 heteroatoms. The Balaban J connectivity index is 0.00000144. The van der Waals surface area contributed by atoms with Gasteiger partial charge in [-0.25, -0.2) is 4.98 Å². The molecule has 0 amide bonds.